The van der Waals surface area contributed by atoms with Crippen molar-refractivity contribution in [3.05, 3.63) is 83.7 Å². The summed E-state index contributed by atoms with van der Waals surface area (Å²) >= 11 is 0. The second-order valence-electron chi connectivity index (χ2n) is 7.35. The SMILES string of the molecule is CC(C)Oc1cc2c(C(=O)O)c(-c3ccc(F)cc3)oc2cc1OCc1ccccc1. The molecule has 4 rings (SSSR count). The minimum absolute atomic E-state index is 0.00942. The first-order valence-corrected chi connectivity index (χ1v) is 9.85. The third-order valence-electron chi connectivity index (χ3n) is 4.67. The van der Waals surface area contributed by atoms with Crippen LogP contribution < -0.4 is 9.47 Å². The molecule has 1 heterocycles. The highest BCUT2D eigenvalue weighted by Crippen LogP contribution is 2.40. The average molecular weight is 420 g/mol. The molecule has 0 spiro atoms. The van der Waals surface area contributed by atoms with Crippen molar-refractivity contribution in [3.63, 3.8) is 0 Å². The number of rotatable bonds is 7. The number of hydrogen-bond donors (Lipinski definition) is 1. The summed E-state index contributed by atoms with van der Waals surface area (Å²) in [6.45, 7) is 4.07. The second-order valence-corrected chi connectivity index (χ2v) is 7.35. The monoisotopic (exact) mass is 420 g/mol. The van der Waals surface area contributed by atoms with Crippen LogP contribution in [0.3, 0.4) is 0 Å². The molecule has 0 bridgehead atoms. The fourth-order valence-corrected chi connectivity index (χ4v) is 3.32. The summed E-state index contributed by atoms with van der Waals surface area (Å²) in [5.41, 5.74) is 1.78. The molecule has 0 atom stereocenters. The Hall–Kier alpha value is -3.80. The number of carboxylic acids is 1. The highest BCUT2D eigenvalue weighted by atomic mass is 19.1. The molecule has 5 nitrogen and oxygen atoms in total. The number of hydrogen-bond acceptors (Lipinski definition) is 4. The number of furan rings is 1. The first-order valence-electron chi connectivity index (χ1n) is 9.85. The fourth-order valence-electron chi connectivity index (χ4n) is 3.32. The van der Waals surface area contributed by atoms with E-state index in [1.165, 1.54) is 24.3 Å². The minimum Gasteiger partial charge on any atom is -0.487 e. The number of aromatic carboxylic acids is 1. The lowest BCUT2D eigenvalue weighted by atomic mass is 10.1. The predicted molar refractivity (Wildman–Crippen MR) is 115 cm³/mol. The van der Waals surface area contributed by atoms with Crippen LogP contribution in [0.2, 0.25) is 0 Å². The first kappa shape index (κ1) is 20.5. The van der Waals surface area contributed by atoms with E-state index in [1.54, 1.807) is 12.1 Å². The van der Waals surface area contributed by atoms with E-state index in [0.29, 0.717) is 34.6 Å². The summed E-state index contributed by atoms with van der Waals surface area (Å²) in [4.78, 5) is 12.1. The highest BCUT2D eigenvalue weighted by Gasteiger charge is 2.24. The maximum absolute atomic E-state index is 13.3. The maximum Gasteiger partial charge on any atom is 0.340 e. The first-order chi connectivity index (χ1) is 14.9. The van der Waals surface area contributed by atoms with E-state index in [2.05, 4.69) is 0 Å². The number of benzene rings is 3. The Kier molecular flexibility index (Phi) is 5.62. The van der Waals surface area contributed by atoms with Crippen LogP contribution in [0.25, 0.3) is 22.3 Å². The summed E-state index contributed by atoms with van der Waals surface area (Å²) in [6.07, 6.45) is -0.145. The van der Waals surface area contributed by atoms with E-state index in [1.807, 2.05) is 44.2 Å². The largest absolute Gasteiger partial charge is 0.487 e. The van der Waals surface area contributed by atoms with Gasteiger partial charge in [0.1, 0.15) is 29.3 Å². The number of carbonyl (C=O) groups is 1. The lowest BCUT2D eigenvalue weighted by molar-refractivity contribution is 0.0699. The van der Waals surface area contributed by atoms with Gasteiger partial charge in [-0.05, 0) is 49.7 Å². The van der Waals surface area contributed by atoms with Crippen molar-refractivity contribution in [1.82, 2.24) is 0 Å². The number of carboxylic acid groups (broad SMARTS) is 1. The summed E-state index contributed by atoms with van der Waals surface area (Å²) in [5, 5.41) is 10.2. The van der Waals surface area contributed by atoms with Crippen molar-refractivity contribution in [2.45, 2.75) is 26.6 Å². The molecule has 1 N–H and O–H groups in total. The molecule has 158 valence electrons. The van der Waals surface area contributed by atoms with Crippen molar-refractivity contribution < 1.29 is 28.2 Å². The van der Waals surface area contributed by atoms with Gasteiger partial charge in [-0.25, -0.2) is 9.18 Å². The molecule has 0 aliphatic rings. The van der Waals surface area contributed by atoms with Gasteiger partial charge in [-0.1, -0.05) is 30.3 Å². The van der Waals surface area contributed by atoms with Gasteiger partial charge in [0.15, 0.2) is 11.5 Å². The number of halogens is 1. The Balaban J connectivity index is 1.82. The molecule has 0 aliphatic carbocycles. The Morgan fingerprint density at radius 2 is 1.74 bits per heavy atom. The van der Waals surface area contributed by atoms with Crippen LogP contribution in [0, 0.1) is 5.82 Å². The standard InChI is InChI=1S/C25H21FO5/c1-15(2)30-22-12-19-20(13-21(22)29-14-16-6-4-3-5-7-16)31-24(23(19)25(27)28)17-8-10-18(26)11-9-17/h3-13,15H,14H2,1-2H3,(H,27,28). The molecule has 0 amide bonds. The van der Waals surface area contributed by atoms with Gasteiger partial charge in [-0.3, -0.25) is 0 Å². The van der Waals surface area contributed by atoms with Crippen LogP contribution in [0.15, 0.2) is 71.1 Å². The molecular formula is C25H21FO5. The molecular weight excluding hydrogens is 399 g/mol. The van der Waals surface area contributed by atoms with Gasteiger partial charge in [0.2, 0.25) is 0 Å². The second kappa shape index (κ2) is 8.52. The van der Waals surface area contributed by atoms with Crippen LogP contribution in [0.4, 0.5) is 4.39 Å². The minimum atomic E-state index is -1.15. The molecule has 4 aromatic rings. The van der Waals surface area contributed by atoms with Crippen LogP contribution in [0.1, 0.15) is 29.8 Å². The van der Waals surface area contributed by atoms with Gasteiger partial charge in [0.25, 0.3) is 0 Å². The van der Waals surface area contributed by atoms with E-state index in [-0.39, 0.29) is 17.4 Å². The molecule has 31 heavy (non-hydrogen) atoms. The van der Waals surface area contributed by atoms with Gasteiger partial charge in [0, 0.05) is 17.0 Å². The van der Waals surface area contributed by atoms with Crippen molar-refractivity contribution in [1.29, 1.82) is 0 Å². The Labute approximate surface area is 178 Å². The van der Waals surface area contributed by atoms with Gasteiger partial charge in [0.05, 0.1) is 6.10 Å². The predicted octanol–water partition coefficient (Wildman–Crippen LogP) is 6.30. The Bertz CT molecular complexity index is 1210. The number of fused-ring (bicyclic) bond motifs is 1. The summed E-state index contributed by atoms with van der Waals surface area (Å²) in [7, 11) is 0. The zero-order chi connectivity index (χ0) is 22.0. The number of ether oxygens (including phenoxy) is 2. The maximum atomic E-state index is 13.3. The quantitative estimate of drug-likeness (QED) is 0.380. The summed E-state index contributed by atoms with van der Waals surface area (Å²) in [6, 6.07) is 18.4. The Morgan fingerprint density at radius 1 is 1.03 bits per heavy atom. The van der Waals surface area contributed by atoms with Crippen LogP contribution in [-0.2, 0) is 6.61 Å². The van der Waals surface area contributed by atoms with E-state index in [4.69, 9.17) is 13.9 Å². The summed E-state index contributed by atoms with van der Waals surface area (Å²) in [5.74, 6) is -0.542. The normalized spacial score (nSPS) is 11.1. The van der Waals surface area contributed by atoms with E-state index in [0.717, 1.165) is 5.56 Å². The Morgan fingerprint density at radius 3 is 2.39 bits per heavy atom. The lowest BCUT2D eigenvalue weighted by Gasteiger charge is -2.15. The smallest absolute Gasteiger partial charge is 0.340 e. The molecule has 6 heteroatoms. The molecule has 0 saturated heterocycles. The topological polar surface area (TPSA) is 68.9 Å². The van der Waals surface area contributed by atoms with E-state index < -0.39 is 11.8 Å². The fraction of sp³-hybridized carbons (Fsp3) is 0.160. The highest BCUT2D eigenvalue weighted by molar-refractivity contribution is 6.08. The third-order valence-corrected chi connectivity index (χ3v) is 4.67. The van der Waals surface area contributed by atoms with Crippen LogP contribution >= 0.6 is 0 Å². The van der Waals surface area contributed by atoms with Crippen molar-refractivity contribution >= 4 is 16.9 Å². The van der Waals surface area contributed by atoms with E-state index in [9.17, 15) is 14.3 Å². The molecule has 0 saturated carbocycles. The molecule has 3 aromatic carbocycles. The molecule has 1 aromatic heterocycles. The van der Waals surface area contributed by atoms with Crippen molar-refractivity contribution in [2.24, 2.45) is 0 Å². The van der Waals surface area contributed by atoms with E-state index >= 15 is 0 Å². The van der Waals surface area contributed by atoms with Crippen molar-refractivity contribution in [2.75, 3.05) is 0 Å². The van der Waals surface area contributed by atoms with Crippen LogP contribution in [-0.4, -0.2) is 17.2 Å². The van der Waals surface area contributed by atoms with Gasteiger partial charge in [-0.2, -0.15) is 0 Å². The lowest BCUT2D eigenvalue weighted by Crippen LogP contribution is -2.07. The third kappa shape index (κ3) is 4.38. The van der Waals surface area contributed by atoms with Gasteiger partial charge in [-0.15, -0.1) is 0 Å². The molecule has 0 aliphatic heterocycles. The zero-order valence-electron chi connectivity index (χ0n) is 17.1. The molecule has 0 fully saturated rings. The zero-order valence-corrected chi connectivity index (χ0v) is 17.1. The van der Waals surface area contributed by atoms with Gasteiger partial charge >= 0.3 is 5.97 Å². The van der Waals surface area contributed by atoms with Crippen molar-refractivity contribution in [3.8, 4) is 22.8 Å². The summed E-state index contributed by atoms with van der Waals surface area (Å²) < 4.78 is 31.1. The van der Waals surface area contributed by atoms with Gasteiger partial charge < -0.3 is 19.0 Å². The molecule has 0 radical (unpaired) electrons. The average Bonchev–Trinajstić information content (AvgIpc) is 3.11. The van der Waals surface area contributed by atoms with Crippen LogP contribution in [0.5, 0.6) is 11.5 Å². The molecule has 0 unspecified atom stereocenters.